The molecule has 1 heterocycles. The van der Waals surface area contributed by atoms with E-state index in [0.29, 0.717) is 16.5 Å². The number of aromatic nitrogens is 2. The molecular weight excluding hydrogens is 344 g/mol. The van der Waals surface area contributed by atoms with Gasteiger partial charge in [0, 0.05) is 12.1 Å². The molecule has 134 valence electrons. The quantitative estimate of drug-likeness (QED) is 0.822. The lowest BCUT2D eigenvalue weighted by molar-refractivity contribution is -0.125. The highest BCUT2D eigenvalue weighted by Crippen LogP contribution is 2.21. The smallest absolute Gasteiger partial charge is 0.258 e. The standard InChI is InChI=1S/C17H21ClN4O3/c1-10-7-13(18)5-6-14(10)25-9-16(24)19-8-15(23)20-17-11(2)21-22(4)12(17)3/h5-7H,8-9H2,1-4H3,(H,19,24)(H,20,23). The first-order valence-electron chi connectivity index (χ1n) is 7.73. The average Bonchev–Trinajstić information content (AvgIpc) is 2.78. The van der Waals surface area contributed by atoms with Crippen LogP contribution in [0.15, 0.2) is 18.2 Å². The van der Waals surface area contributed by atoms with E-state index in [-0.39, 0.29) is 25.0 Å². The van der Waals surface area contributed by atoms with Gasteiger partial charge in [-0.25, -0.2) is 0 Å². The highest BCUT2D eigenvalue weighted by Gasteiger charge is 2.13. The van der Waals surface area contributed by atoms with Crippen LogP contribution in [0, 0.1) is 20.8 Å². The number of anilines is 1. The molecule has 0 atom stereocenters. The van der Waals surface area contributed by atoms with Crippen LogP contribution in [0.3, 0.4) is 0 Å². The number of ether oxygens (including phenoxy) is 1. The van der Waals surface area contributed by atoms with E-state index in [1.54, 1.807) is 29.9 Å². The van der Waals surface area contributed by atoms with Crippen molar-refractivity contribution in [1.29, 1.82) is 0 Å². The Morgan fingerprint density at radius 3 is 2.56 bits per heavy atom. The minimum Gasteiger partial charge on any atom is -0.484 e. The summed E-state index contributed by atoms with van der Waals surface area (Å²) in [5, 5.41) is 10.1. The van der Waals surface area contributed by atoms with Crippen LogP contribution in [0.4, 0.5) is 5.69 Å². The predicted octanol–water partition coefficient (Wildman–Crippen LogP) is 2.13. The second-order valence-corrected chi connectivity index (χ2v) is 6.13. The van der Waals surface area contributed by atoms with E-state index in [2.05, 4.69) is 15.7 Å². The van der Waals surface area contributed by atoms with Crippen molar-refractivity contribution in [3.63, 3.8) is 0 Å². The van der Waals surface area contributed by atoms with Gasteiger partial charge in [0.05, 0.1) is 23.6 Å². The number of nitrogens with zero attached hydrogens (tertiary/aromatic N) is 2. The maximum Gasteiger partial charge on any atom is 0.258 e. The zero-order valence-electron chi connectivity index (χ0n) is 14.6. The van der Waals surface area contributed by atoms with Crippen LogP contribution in [-0.4, -0.2) is 34.7 Å². The van der Waals surface area contributed by atoms with Crippen molar-refractivity contribution < 1.29 is 14.3 Å². The van der Waals surface area contributed by atoms with Gasteiger partial charge in [-0.1, -0.05) is 11.6 Å². The van der Waals surface area contributed by atoms with Crippen LogP contribution in [-0.2, 0) is 16.6 Å². The van der Waals surface area contributed by atoms with E-state index in [1.807, 2.05) is 20.8 Å². The Morgan fingerprint density at radius 1 is 1.24 bits per heavy atom. The molecule has 0 saturated carbocycles. The molecule has 7 nitrogen and oxygen atoms in total. The molecule has 1 aromatic carbocycles. The minimum absolute atomic E-state index is 0.143. The van der Waals surface area contributed by atoms with E-state index in [9.17, 15) is 9.59 Å². The third-order valence-corrected chi connectivity index (χ3v) is 3.95. The molecular formula is C17H21ClN4O3. The van der Waals surface area contributed by atoms with Gasteiger partial charge in [0.1, 0.15) is 5.75 Å². The molecule has 8 heteroatoms. The minimum atomic E-state index is -0.385. The highest BCUT2D eigenvalue weighted by atomic mass is 35.5. The molecule has 2 amide bonds. The molecule has 2 rings (SSSR count). The fourth-order valence-electron chi connectivity index (χ4n) is 2.29. The Balaban J connectivity index is 1.80. The molecule has 0 aliphatic heterocycles. The molecule has 1 aromatic heterocycles. The van der Waals surface area contributed by atoms with E-state index < -0.39 is 0 Å². The summed E-state index contributed by atoms with van der Waals surface area (Å²) in [4.78, 5) is 23.8. The number of nitrogens with one attached hydrogen (secondary N) is 2. The number of hydrogen-bond donors (Lipinski definition) is 2. The van der Waals surface area contributed by atoms with Crippen molar-refractivity contribution in [3.05, 3.63) is 40.2 Å². The topological polar surface area (TPSA) is 85.2 Å². The van der Waals surface area contributed by atoms with Gasteiger partial charge in [0.25, 0.3) is 5.91 Å². The summed E-state index contributed by atoms with van der Waals surface area (Å²) in [6.07, 6.45) is 0. The third kappa shape index (κ3) is 4.96. The van der Waals surface area contributed by atoms with Crippen LogP contribution in [0.1, 0.15) is 17.0 Å². The molecule has 0 radical (unpaired) electrons. The first-order valence-corrected chi connectivity index (χ1v) is 8.11. The number of halogens is 1. The molecule has 0 saturated heterocycles. The molecule has 0 fully saturated rings. The molecule has 2 aromatic rings. The Bertz CT molecular complexity index is 801. The molecule has 0 unspecified atom stereocenters. The fraction of sp³-hybridized carbons (Fsp3) is 0.353. The number of carbonyl (C=O) groups excluding carboxylic acids is 2. The van der Waals surface area contributed by atoms with Gasteiger partial charge in [-0.15, -0.1) is 0 Å². The van der Waals surface area contributed by atoms with Crippen molar-refractivity contribution in [3.8, 4) is 5.75 Å². The van der Waals surface area contributed by atoms with E-state index in [0.717, 1.165) is 17.0 Å². The summed E-state index contributed by atoms with van der Waals surface area (Å²) in [6, 6.07) is 5.14. The Morgan fingerprint density at radius 2 is 1.96 bits per heavy atom. The number of aryl methyl sites for hydroxylation is 3. The van der Waals surface area contributed by atoms with E-state index in [1.165, 1.54) is 0 Å². The summed E-state index contributed by atoms with van der Waals surface area (Å²) in [5.41, 5.74) is 3.07. The summed E-state index contributed by atoms with van der Waals surface area (Å²) < 4.78 is 7.12. The van der Waals surface area contributed by atoms with Crippen LogP contribution in [0.2, 0.25) is 5.02 Å². The van der Waals surface area contributed by atoms with Crippen LogP contribution in [0.25, 0.3) is 0 Å². The zero-order chi connectivity index (χ0) is 18.6. The summed E-state index contributed by atoms with van der Waals surface area (Å²) >= 11 is 5.87. The Labute approximate surface area is 151 Å². The first kappa shape index (κ1) is 18.8. The number of rotatable bonds is 6. The third-order valence-electron chi connectivity index (χ3n) is 3.72. The highest BCUT2D eigenvalue weighted by molar-refractivity contribution is 6.30. The lowest BCUT2D eigenvalue weighted by Crippen LogP contribution is -2.36. The lowest BCUT2D eigenvalue weighted by atomic mass is 10.2. The number of benzene rings is 1. The van der Waals surface area contributed by atoms with Crippen molar-refractivity contribution in [1.82, 2.24) is 15.1 Å². The summed E-state index contributed by atoms with van der Waals surface area (Å²) in [5.74, 6) is -0.134. The van der Waals surface area contributed by atoms with Crippen molar-refractivity contribution in [2.45, 2.75) is 20.8 Å². The number of hydrogen-bond acceptors (Lipinski definition) is 4. The predicted molar refractivity (Wildman–Crippen MR) is 96.0 cm³/mol. The molecule has 0 spiro atoms. The van der Waals surface area contributed by atoms with Crippen molar-refractivity contribution in [2.75, 3.05) is 18.5 Å². The lowest BCUT2D eigenvalue weighted by Gasteiger charge is -2.10. The van der Waals surface area contributed by atoms with Crippen molar-refractivity contribution >= 4 is 29.1 Å². The van der Waals surface area contributed by atoms with Gasteiger partial charge in [-0.2, -0.15) is 5.10 Å². The van der Waals surface area contributed by atoms with Gasteiger partial charge in [-0.05, 0) is 44.5 Å². The van der Waals surface area contributed by atoms with Gasteiger partial charge < -0.3 is 15.4 Å². The maximum absolute atomic E-state index is 12.0. The number of amides is 2. The van der Waals surface area contributed by atoms with E-state index in [4.69, 9.17) is 16.3 Å². The zero-order valence-corrected chi connectivity index (χ0v) is 15.4. The second-order valence-electron chi connectivity index (χ2n) is 5.69. The maximum atomic E-state index is 12.0. The number of carbonyl (C=O) groups is 2. The molecule has 0 bridgehead atoms. The van der Waals surface area contributed by atoms with E-state index >= 15 is 0 Å². The fourth-order valence-corrected chi connectivity index (χ4v) is 2.51. The van der Waals surface area contributed by atoms with Gasteiger partial charge in [0.2, 0.25) is 5.91 Å². The summed E-state index contributed by atoms with van der Waals surface area (Å²) in [6.45, 7) is 5.18. The van der Waals surface area contributed by atoms with Crippen molar-refractivity contribution in [2.24, 2.45) is 7.05 Å². The average molecular weight is 365 g/mol. The van der Waals surface area contributed by atoms with Crippen LogP contribution in [0.5, 0.6) is 5.75 Å². The first-order chi connectivity index (χ1) is 11.8. The van der Waals surface area contributed by atoms with Gasteiger partial charge >= 0.3 is 0 Å². The molecule has 25 heavy (non-hydrogen) atoms. The molecule has 0 aliphatic carbocycles. The molecule has 2 N–H and O–H groups in total. The Hall–Kier alpha value is -2.54. The van der Waals surface area contributed by atoms with Gasteiger partial charge in [0.15, 0.2) is 6.61 Å². The van der Waals surface area contributed by atoms with Gasteiger partial charge in [-0.3, -0.25) is 14.3 Å². The SMILES string of the molecule is Cc1cc(Cl)ccc1OCC(=O)NCC(=O)Nc1c(C)nn(C)c1C. The Kier molecular flexibility index (Phi) is 6.03. The monoisotopic (exact) mass is 364 g/mol. The van der Waals surface area contributed by atoms with Crippen LogP contribution < -0.4 is 15.4 Å². The molecule has 0 aliphatic rings. The second kappa shape index (κ2) is 8.02. The largest absolute Gasteiger partial charge is 0.484 e. The normalized spacial score (nSPS) is 10.4. The van der Waals surface area contributed by atoms with Crippen LogP contribution >= 0.6 is 11.6 Å². The summed E-state index contributed by atoms with van der Waals surface area (Å²) in [7, 11) is 1.80.